The minimum Gasteiger partial charge on any atom is -0.469 e. The van der Waals surface area contributed by atoms with Crippen molar-refractivity contribution in [3.8, 4) is 0 Å². The number of carbonyl (C=O) groups excluding carboxylic acids is 4. The molecule has 178 valence electrons. The van der Waals surface area contributed by atoms with Crippen LogP contribution in [0.1, 0.15) is 60.8 Å². The Morgan fingerprint density at radius 1 is 0.621 bits per heavy atom. The maximum Gasteiger partial charge on any atom is 0.406 e. The first-order chi connectivity index (χ1) is 12.7. The molecule has 0 heterocycles. The molecule has 0 bridgehead atoms. The second-order valence-corrected chi connectivity index (χ2v) is 4.49. The van der Waals surface area contributed by atoms with Crippen molar-refractivity contribution < 1.29 is 38.1 Å². The minimum absolute atomic E-state index is 0. The maximum atomic E-state index is 10.3. The fourth-order valence-electron chi connectivity index (χ4n) is 0.933. The number of nitrogens with one attached hydrogen (secondary N) is 2. The summed E-state index contributed by atoms with van der Waals surface area (Å²) in [4.78, 5) is 40.2. The highest BCUT2D eigenvalue weighted by molar-refractivity contribution is 5.69. The highest BCUT2D eigenvalue weighted by atomic mass is 16.5. The zero-order chi connectivity index (χ0) is 22.1. The molecule has 0 aromatic carbocycles. The Hall–Kier alpha value is -2.52. The predicted molar refractivity (Wildman–Crippen MR) is 115 cm³/mol. The van der Waals surface area contributed by atoms with Crippen LogP contribution in [0.2, 0.25) is 0 Å². The zero-order valence-corrected chi connectivity index (χ0v) is 17.8. The topological polar surface area (TPSA) is 129 Å². The first-order valence-electron chi connectivity index (χ1n) is 8.39. The van der Waals surface area contributed by atoms with E-state index in [2.05, 4.69) is 29.6 Å². The lowest BCUT2D eigenvalue weighted by Crippen LogP contribution is -2.16. The Morgan fingerprint density at radius 3 is 1.10 bits per heavy atom. The molecular formula is C19H44N2O8. The highest BCUT2D eigenvalue weighted by Gasteiger charge is 1.95. The summed E-state index contributed by atoms with van der Waals surface area (Å²) in [5.74, 6) is -0.227. The van der Waals surface area contributed by atoms with Gasteiger partial charge in [-0.1, -0.05) is 35.1 Å². The Labute approximate surface area is 177 Å². The van der Waals surface area contributed by atoms with E-state index in [0.29, 0.717) is 12.8 Å². The van der Waals surface area contributed by atoms with E-state index in [4.69, 9.17) is 0 Å². The molecule has 0 radical (unpaired) electrons. The lowest BCUT2D eigenvalue weighted by atomic mass is 10.3. The molecule has 0 saturated carbocycles. The van der Waals surface area contributed by atoms with Gasteiger partial charge in [-0.15, -0.1) is 0 Å². The van der Waals surface area contributed by atoms with Crippen LogP contribution in [0.4, 0.5) is 9.59 Å². The molecule has 2 amide bonds. The van der Waals surface area contributed by atoms with E-state index in [1.807, 2.05) is 13.8 Å². The molecule has 0 aromatic rings. The summed E-state index contributed by atoms with van der Waals surface area (Å²) in [6, 6.07) is 0. The Balaban J connectivity index is -0.0000000598. The van der Waals surface area contributed by atoms with Gasteiger partial charge in [0.15, 0.2) is 0 Å². The van der Waals surface area contributed by atoms with Crippen molar-refractivity contribution in [3.63, 3.8) is 0 Å². The van der Waals surface area contributed by atoms with Crippen LogP contribution in [0.5, 0.6) is 0 Å². The molecule has 0 aliphatic heterocycles. The summed E-state index contributed by atoms with van der Waals surface area (Å²) in [5.41, 5.74) is 0. The van der Waals surface area contributed by atoms with Crippen molar-refractivity contribution in [1.82, 2.24) is 10.6 Å². The van der Waals surface area contributed by atoms with Crippen LogP contribution in [0.25, 0.3) is 0 Å². The summed E-state index contributed by atoms with van der Waals surface area (Å²) < 4.78 is 17.1. The zero-order valence-electron chi connectivity index (χ0n) is 17.8. The summed E-state index contributed by atoms with van der Waals surface area (Å²) in [7, 11) is 8.46. The first-order valence-corrected chi connectivity index (χ1v) is 8.39. The second-order valence-electron chi connectivity index (χ2n) is 4.49. The van der Waals surface area contributed by atoms with Crippen LogP contribution in [0.3, 0.4) is 0 Å². The van der Waals surface area contributed by atoms with Gasteiger partial charge in [0.25, 0.3) is 0 Å². The molecule has 0 fully saturated rings. The first kappa shape index (κ1) is 41.0. The van der Waals surface area contributed by atoms with Crippen molar-refractivity contribution in [3.05, 3.63) is 0 Å². The molecule has 2 N–H and O–H groups in total. The highest BCUT2D eigenvalue weighted by Crippen LogP contribution is 1.94. The smallest absolute Gasteiger partial charge is 0.406 e. The maximum absolute atomic E-state index is 10.3. The molecule has 29 heavy (non-hydrogen) atoms. The number of carbonyl (C=O) groups is 4. The number of ether oxygens (including phenoxy) is 4. The van der Waals surface area contributed by atoms with Crippen LogP contribution in [-0.4, -0.2) is 66.7 Å². The van der Waals surface area contributed by atoms with E-state index in [1.165, 1.54) is 42.5 Å². The van der Waals surface area contributed by atoms with Gasteiger partial charge in [0, 0.05) is 26.9 Å². The van der Waals surface area contributed by atoms with Gasteiger partial charge < -0.3 is 29.6 Å². The SMILES string of the molecule is C.C.CCCC(=O)OC.CCCCC(=O)OC.CNC(=O)OC.CNC(=O)OC. The lowest BCUT2D eigenvalue weighted by molar-refractivity contribution is -0.141. The molecule has 0 spiro atoms. The summed E-state index contributed by atoms with van der Waals surface area (Å²) in [6.07, 6.45) is 3.14. The summed E-state index contributed by atoms with van der Waals surface area (Å²) in [6.45, 7) is 3.99. The lowest BCUT2D eigenvalue weighted by Gasteiger charge is -1.93. The van der Waals surface area contributed by atoms with Gasteiger partial charge in [-0.3, -0.25) is 9.59 Å². The number of unbranched alkanes of at least 4 members (excludes halogenated alkanes) is 1. The molecular weight excluding hydrogens is 384 g/mol. The minimum atomic E-state index is -0.407. The van der Waals surface area contributed by atoms with Gasteiger partial charge in [-0.25, -0.2) is 9.59 Å². The quantitative estimate of drug-likeness (QED) is 0.502. The molecule has 0 unspecified atom stereocenters. The summed E-state index contributed by atoms with van der Waals surface area (Å²) >= 11 is 0. The van der Waals surface area contributed by atoms with Crippen LogP contribution < -0.4 is 10.6 Å². The van der Waals surface area contributed by atoms with E-state index in [1.54, 1.807) is 0 Å². The molecule has 0 aliphatic rings. The van der Waals surface area contributed by atoms with E-state index in [-0.39, 0.29) is 26.8 Å². The Kier molecular flexibility index (Phi) is 51.5. The molecule has 0 saturated heterocycles. The van der Waals surface area contributed by atoms with Gasteiger partial charge in [0.1, 0.15) is 0 Å². The monoisotopic (exact) mass is 428 g/mol. The number of hydrogen-bond acceptors (Lipinski definition) is 8. The van der Waals surface area contributed by atoms with Crippen molar-refractivity contribution >= 4 is 24.1 Å². The van der Waals surface area contributed by atoms with Gasteiger partial charge in [-0.2, -0.15) is 0 Å². The Morgan fingerprint density at radius 2 is 0.966 bits per heavy atom. The largest absolute Gasteiger partial charge is 0.469 e. The van der Waals surface area contributed by atoms with E-state index < -0.39 is 12.2 Å². The number of amides is 2. The average Bonchev–Trinajstić information content (AvgIpc) is 2.71. The van der Waals surface area contributed by atoms with E-state index in [0.717, 1.165) is 19.3 Å². The molecule has 10 heteroatoms. The molecule has 0 rings (SSSR count). The number of alkyl carbamates (subject to hydrolysis) is 2. The van der Waals surface area contributed by atoms with Crippen LogP contribution in [0, 0.1) is 0 Å². The fraction of sp³-hybridized carbons (Fsp3) is 0.789. The van der Waals surface area contributed by atoms with Crippen molar-refractivity contribution in [2.45, 2.75) is 60.8 Å². The predicted octanol–water partition coefficient (Wildman–Crippen LogP) is 3.53. The van der Waals surface area contributed by atoms with Crippen LogP contribution >= 0.6 is 0 Å². The fourth-order valence-corrected chi connectivity index (χ4v) is 0.933. The summed E-state index contributed by atoms with van der Waals surface area (Å²) in [5, 5.41) is 4.51. The van der Waals surface area contributed by atoms with Gasteiger partial charge in [0.05, 0.1) is 28.4 Å². The van der Waals surface area contributed by atoms with Crippen molar-refractivity contribution in [2.24, 2.45) is 0 Å². The standard InChI is InChI=1S/C6H12O2.C5H10O2.2C3H7NO2.2CH4/c1-3-4-5-6(7)8-2;1-3-4-5(6)7-2;2*1-4-3(5)6-2;;/h3-5H2,1-2H3;3-4H2,1-2H3;2*1-2H3,(H,4,5);2*1H4. The number of esters is 2. The molecule has 0 aromatic heterocycles. The number of methoxy groups -OCH3 is 4. The third kappa shape index (κ3) is 51.7. The molecule has 0 atom stereocenters. The van der Waals surface area contributed by atoms with Crippen molar-refractivity contribution in [2.75, 3.05) is 42.5 Å². The number of hydrogen-bond donors (Lipinski definition) is 2. The third-order valence-electron chi connectivity index (χ3n) is 2.42. The van der Waals surface area contributed by atoms with Crippen molar-refractivity contribution in [1.29, 1.82) is 0 Å². The van der Waals surface area contributed by atoms with Gasteiger partial charge in [-0.05, 0) is 12.8 Å². The number of rotatable bonds is 5. The average molecular weight is 429 g/mol. The molecule has 10 nitrogen and oxygen atoms in total. The van der Waals surface area contributed by atoms with E-state index >= 15 is 0 Å². The Bertz CT molecular complexity index is 349. The van der Waals surface area contributed by atoms with E-state index in [9.17, 15) is 19.2 Å². The normalized spacial score (nSPS) is 7.31. The van der Waals surface area contributed by atoms with Gasteiger partial charge in [0.2, 0.25) is 0 Å². The molecule has 0 aliphatic carbocycles. The van der Waals surface area contributed by atoms with Crippen LogP contribution in [0.15, 0.2) is 0 Å². The van der Waals surface area contributed by atoms with Crippen LogP contribution in [-0.2, 0) is 28.5 Å². The third-order valence-corrected chi connectivity index (χ3v) is 2.42. The van der Waals surface area contributed by atoms with Gasteiger partial charge >= 0.3 is 24.1 Å². The second kappa shape index (κ2) is 36.4.